The fourth-order valence-electron chi connectivity index (χ4n) is 5.71. The van der Waals surface area contributed by atoms with Crippen LogP contribution in [0.3, 0.4) is 0 Å². The molecular weight excluding hydrogens is 691 g/mol. The number of hydrogen-bond acceptors (Lipinski definition) is 0. The summed E-state index contributed by atoms with van der Waals surface area (Å²) in [6, 6.07) is 28.1. The minimum atomic E-state index is 0. The second-order valence-corrected chi connectivity index (χ2v) is 15.2. The molecule has 6 rings (SSSR count). The number of rotatable bonds is 4. The van der Waals surface area contributed by atoms with E-state index in [1.54, 1.807) is 0 Å². The van der Waals surface area contributed by atoms with Gasteiger partial charge in [-0.25, -0.2) is 6.08 Å². The maximum absolute atomic E-state index is 3.54. The van der Waals surface area contributed by atoms with Crippen LogP contribution in [-0.2, 0) is 30.7 Å². The largest absolute Gasteiger partial charge is 1.00 e. The molecule has 0 saturated heterocycles. The molecule has 1 unspecified atom stereocenters. The van der Waals surface area contributed by atoms with Gasteiger partial charge in [0.15, 0.2) is 0 Å². The van der Waals surface area contributed by atoms with Gasteiger partial charge < -0.3 is 24.8 Å². The van der Waals surface area contributed by atoms with Gasteiger partial charge in [-0.1, -0.05) is 83.4 Å². The molecule has 0 amide bonds. The van der Waals surface area contributed by atoms with E-state index in [0.717, 1.165) is 6.42 Å². The molecule has 0 spiro atoms. The molecule has 4 aromatic rings. The molecule has 0 N–H and O–H groups in total. The first-order valence-electron chi connectivity index (χ1n) is 16.4. The molecular formula is C44H50Cl2Zr-2. The average Bonchev–Trinajstić information content (AvgIpc) is 3.60. The molecule has 2 aliphatic carbocycles. The van der Waals surface area contributed by atoms with E-state index in [2.05, 4.69) is 160 Å². The minimum absolute atomic E-state index is 0. The molecule has 2 aliphatic rings. The van der Waals surface area contributed by atoms with E-state index >= 15 is 0 Å². The van der Waals surface area contributed by atoms with Crippen LogP contribution in [0.1, 0.15) is 96.2 Å². The van der Waals surface area contributed by atoms with Gasteiger partial charge in [-0.3, -0.25) is 6.08 Å². The minimum Gasteiger partial charge on any atom is -1.00 e. The van der Waals surface area contributed by atoms with Crippen molar-refractivity contribution in [3.8, 4) is 11.1 Å². The summed E-state index contributed by atoms with van der Waals surface area (Å²) in [5.74, 6) is 0.587. The third kappa shape index (κ3) is 10.8. The van der Waals surface area contributed by atoms with Gasteiger partial charge in [0, 0.05) is 0 Å². The Bertz CT molecular complexity index is 1610. The third-order valence-electron chi connectivity index (χ3n) is 8.97. The Kier molecular flexibility index (Phi) is 15.6. The summed E-state index contributed by atoms with van der Waals surface area (Å²) in [5, 5.41) is 0. The second kappa shape index (κ2) is 17.9. The van der Waals surface area contributed by atoms with Crippen molar-refractivity contribution >= 4 is 3.21 Å². The summed E-state index contributed by atoms with van der Waals surface area (Å²) in [7, 11) is 0. The first-order valence-corrected chi connectivity index (χ1v) is 17.7. The fourth-order valence-corrected chi connectivity index (χ4v) is 6.53. The van der Waals surface area contributed by atoms with E-state index < -0.39 is 0 Å². The Morgan fingerprint density at radius 2 is 1.26 bits per heavy atom. The van der Waals surface area contributed by atoms with Crippen LogP contribution in [0.2, 0.25) is 0 Å². The molecule has 1 atom stereocenters. The van der Waals surface area contributed by atoms with Crippen molar-refractivity contribution in [2.75, 3.05) is 0 Å². The first kappa shape index (κ1) is 40.9. The van der Waals surface area contributed by atoms with Crippen molar-refractivity contribution in [1.82, 2.24) is 0 Å². The fraction of sp³-hybridized carbons (Fsp3) is 0.341. The number of benzene rings is 4. The molecule has 0 fully saturated rings. The van der Waals surface area contributed by atoms with Crippen molar-refractivity contribution in [3.63, 3.8) is 0 Å². The zero-order valence-electron chi connectivity index (χ0n) is 30.0. The van der Waals surface area contributed by atoms with Crippen molar-refractivity contribution in [3.05, 3.63) is 152 Å². The molecule has 246 valence electrons. The van der Waals surface area contributed by atoms with Crippen LogP contribution >= 0.6 is 0 Å². The molecule has 0 aromatic heterocycles. The second-order valence-electron chi connectivity index (χ2n) is 13.9. The number of hydrogen-bond donors (Lipinski definition) is 0. The van der Waals surface area contributed by atoms with Crippen molar-refractivity contribution in [1.29, 1.82) is 0 Å². The topological polar surface area (TPSA) is 0 Å². The predicted octanol–water partition coefficient (Wildman–Crippen LogP) is 5.47. The molecule has 4 aromatic carbocycles. The summed E-state index contributed by atoms with van der Waals surface area (Å²) in [4.78, 5) is 0. The number of aryl methyl sites for hydroxylation is 6. The van der Waals surface area contributed by atoms with Crippen LogP contribution < -0.4 is 24.8 Å². The van der Waals surface area contributed by atoms with Crippen LogP contribution in [0, 0.1) is 65.0 Å². The van der Waals surface area contributed by atoms with E-state index in [-0.39, 0.29) is 24.8 Å². The molecule has 3 heteroatoms. The zero-order valence-corrected chi connectivity index (χ0v) is 33.9. The smallest absolute Gasteiger partial charge is 1.00 e. The van der Waals surface area contributed by atoms with Crippen molar-refractivity contribution in [2.24, 2.45) is 11.3 Å². The van der Waals surface area contributed by atoms with Crippen molar-refractivity contribution < 1.29 is 49.0 Å². The normalized spacial score (nSPS) is 13.9. The van der Waals surface area contributed by atoms with Gasteiger partial charge in [-0.15, -0.1) is 11.1 Å². The average molecular weight is 741 g/mol. The van der Waals surface area contributed by atoms with E-state index in [1.807, 2.05) is 0 Å². The molecule has 0 saturated carbocycles. The zero-order chi connectivity index (χ0) is 32.9. The molecule has 0 nitrogen and oxygen atoms in total. The van der Waals surface area contributed by atoms with E-state index in [4.69, 9.17) is 0 Å². The first-order chi connectivity index (χ1) is 21.3. The van der Waals surface area contributed by atoms with Crippen LogP contribution in [0.4, 0.5) is 0 Å². The molecule has 47 heavy (non-hydrogen) atoms. The number of allylic oxidation sites excluding steroid dienone is 4. The Morgan fingerprint density at radius 1 is 0.745 bits per heavy atom. The van der Waals surface area contributed by atoms with Crippen LogP contribution in [0.25, 0.3) is 11.1 Å². The Labute approximate surface area is 313 Å². The summed E-state index contributed by atoms with van der Waals surface area (Å²) in [6.07, 6.45) is 11.5. The van der Waals surface area contributed by atoms with Crippen LogP contribution in [-0.4, -0.2) is 3.21 Å². The molecule has 0 heterocycles. The third-order valence-corrected chi connectivity index (χ3v) is 10.4. The number of fused-ring (bicyclic) bond motifs is 3. The summed E-state index contributed by atoms with van der Waals surface area (Å²) < 4.78 is 1.42. The monoisotopic (exact) mass is 738 g/mol. The Morgan fingerprint density at radius 3 is 1.74 bits per heavy atom. The van der Waals surface area contributed by atoms with E-state index in [9.17, 15) is 0 Å². The van der Waals surface area contributed by atoms with Gasteiger partial charge in [-0.2, -0.15) is 34.9 Å². The van der Waals surface area contributed by atoms with Gasteiger partial charge in [0.25, 0.3) is 0 Å². The molecule has 0 bridgehead atoms. The van der Waals surface area contributed by atoms with E-state index in [1.165, 1.54) is 113 Å². The molecule has 0 radical (unpaired) electrons. The summed E-state index contributed by atoms with van der Waals surface area (Å²) in [5.41, 5.74) is 18.1. The Hall–Kier alpha value is -2.31. The van der Waals surface area contributed by atoms with Gasteiger partial charge in [0.1, 0.15) is 0 Å². The SMILES string of the molecule is CCCC1[C-]=CC(C(C)(C)C)=C1.Cc1[c-]c2c(cc1C)-c1cc(C)c(C)cc1C2.Cc1ccc([C](=[Zr+2])c2ccc(C)cc2)cc1.[Cl-].[Cl-]. The van der Waals surface area contributed by atoms with Crippen molar-refractivity contribution in [2.45, 2.75) is 88.5 Å². The van der Waals surface area contributed by atoms with E-state index in [0.29, 0.717) is 11.3 Å². The van der Waals surface area contributed by atoms with Crippen LogP contribution in [0.15, 0.2) is 84.5 Å². The van der Waals surface area contributed by atoms with Gasteiger partial charge in [0.05, 0.1) is 0 Å². The standard InChI is InChI=1S/C17H17.C15H14.C12H19.2ClH.Zr/c1-10-5-14-9-15-6-11(2)13(4)8-17(15)16(14)7-12(10)3;1-12-3-7-14(8-4-12)11-15-9-5-13(2)6-10-15;1-5-6-10-7-8-11(9-10)12(2,3)4;;;/h5,7-8H,9H2,1-4H3;3-10H,1-2H3;8-10H,5-6H2,1-4H3;2*1H;/q-1;;-1;;;+2/p-2. The quantitative estimate of drug-likeness (QED) is 0.215. The van der Waals surface area contributed by atoms with Gasteiger partial charge in [-0.05, 0) is 37.0 Å². The van der Waals surface area contributed by atoms with Crippen LogP contribution in [0.5, 0.6) is 0 Å². The van der Waals surface area contributed by atoms with Gasteiger partial charge in [0.2, 0.25) is 0 Å². The van der Waals surface area contributed by atoms with Gasteiger partial charge >= 0.3 is 112 Å². The number of halogens is 2. The summed E-state index contributed by atoms with van der Waals surface area (Å²) in [6.45, 7) is 21.9. The molecule has 0 aliphatic heterocycles. The summed E-state index contributed by atoms with van der Waals surface area (Å²) >= 11 is 1.46. The Balaban J connectivity index is 0.000000244. The maximum atomic E-state index is 3.54. The maximum Gasteiger partial charge on any atom is -1.00 e. The predicted molar refractivity (Wildman–Crippen MR) is 192 cm³/mol.